The number of rotatable bonds is 4. The van der Waals surface area contributed by atoms with Gasteiger partial charge in [-0.05, 0) is 90.3 Å². The minimum Gasteiger partial charge on any atom is -0.309 e. The van der Waals surface area contributed by atoms with Crippen LogP contribution in [0.5, 0.6) is 0 Å². The highest BCUT2D eigenvalue weighted by Crippen LogP contribution is 2.40. The van der Waals surface area contributed by atoms with Gasteiger partial charge in [0.05, 0.1) is 46.0 Å². The van der Waals surface area contributed by atoms with Crippen molar-refractivity contribution in [3.63, 3.8) is 0 Å². The van der Waals surface area contributed by atoms with Gasteiger partial charge >= 0.3 is 0 Å². The van der Waals surface area contributed by atoms with Crippen LogP contribution >= 0.6 is 0 Å². The lowest BCUT2D eigenvalue weighted by Crippen LogP contribution is -1.99. The van der Waals surface area contributed by atoms with Crippen molar-refractivity contribution in [3.05, 3.63) is 174 Å². The lowest BCUT2D eigenvalue weighted by Gasteiger charge is -2.17. The molecule has 0 spiro atoms. The van der Waals surface area contributed by atoms with Crippen LogP contribution in [-0.4, -0.2) is 9.13 Å². The second-order valence-corrected chi connectivity index (χ2v) is 12.5. The number of benzene rings is 7. The molecule has 49 heavy (non-hydrogen) atoms. The van der Waals surface area contributed by atoms with E-state index in [0.29, 0.717) is 11.3 Å². The molecule has 0 N–H and O–H groups in total. The first-order valence-electron chi connectivity index (χ1n) is 16.3. The molecule has 0 radical (unpaired) electrons. The Balaban J connectivity index is 1.29. The summed E-state index contributed by atoms with van der Waals surface area (Å²) >= 11 is 0. The molecule has 0 fully saturated rings. The predicted octanol–water partition coefficient (Wildman–Crippen LogP) is 11.9. The summed E-state index contributed by atoms with van der Waals surface area (Å²) < 4.78 is 4.66. The lowest BCUT2D eigenvalue weighted by atomic mass is 9.97. The third-order valence-electron chi connectivity index (χ3n) is 9.59. The number of fused-ring (bicyclic) bond motifs is 6. The number of hydrogen-bond acceptors (Lipinski definition) is 1. The van der Waals surface area contributed by atoms with Crippen molar-refractivity contribution < 1.29 is 0 Å². The van der Waals surface area contributed by atoms with Gasteiger partial charge in [0, 0.05) is 32.8 Å². The molecular formula is C45H28N4. The number of nitriles is 1. The van der Waals surface area contributed by atoms with Crippen LogP contribution in [0, 0.1) is 24.8 Å². The summed E-state index contributed by atoms with van der Waals surface area (Å²) in [5, 5.41) is 14.2. The Morgan fingerprint density at radius 2 is 1.18 bits per heavy atom. The van der Waals surface area contributed by atoms with E-state index in [0.717, 1.165) is 66.5 Å². The van der Waals surface area contributed by atoms with Gasteiger partial charge in [0.25, 0.3) is 0 Å². The lowest BCUT2D eigenvalue weighted by molar-refractivity contribution is 1.17. The topological polar surface area (TPSA) is 38.0 Å². The minimum absolute atomic E-state index is 0.617. The van der Waals surface area contributed by atoms with Gasteiger partial charge in [0.15, 0.2) is 5.69 Å². The molecule has 7 aromatic carbocycles. The van der Waals surface area contributed by atoms with Crippen molar-refractivity contribution in [3.8, 4) is 39.7 Å². The first kappa shape index (κ1) is 28.4. The molecule has 0 atom stereocenters. The van der Waals surface area contributed by atoms with Crippen molar-refractivity contribution in [2.75, 3.05) is 0 Å². The minimum atomic E-state index is 0.617. The highest BCUT2D eigenvalue weighted by Gasteiger charge is 2.18. The van der Waals surface area contributed by atoms with E-state index in [4.69, 9.17) is 6.57 Å². The van der Waals surface area contributed by atoms with Crippen LogP contribution < -0.4 is 0 Å². The molecule has 0 aliphatic carbocycles. The third-order valence-corrected chi connectivity index (χ3v) is 9.59. The van der Waals surface area contributed by atoms with E-state index in [2.05, 4.69) is 148 Å². The highest BCUT2D eigenvalue weighted by molar-refractivity contribution is 6.11. The van der Waals surface area contributed by atoms with Crippen molar-refractivity contribution in [2.24, 2.45) is 0 Å². The van der Waals surface area contributed by atoms with Crippen LogP contribution in [0.2, 0.25) is 0 Å². The second-order valence-electron chi connectivity index (χ2n) is 12.5. The van der Waals surface area contributed by atoms with E-state index >= 15 is 0 Å². The van der Waals surface area contributed by atoms with Crippen LogP contribution in [0.1, 0.15) is 11.1 Å². The number of para-hydroxylation sites is 2. The number of nitrogens with zero attached hydrogens (tertiary/aromatic N) is 4. The highest BCUT2D eigenvalue weighted by atomic mass is 15.0. The van der Waals surface area contributed by atoms with Gasteiger partial charge in [-0.2, -0.15) is 5.26 Å². The Labute approximate surface area is 283 Å². The summed E-state index contributed by atoms with van der Waals surface area (Å²) in [6.45, 7) is 9.82. The molecule has 2 heterocycles. The van der Waals surface area contributed by atoms with Crippen LogP contribution in [0.15, 0.2) is 152 Å². The molecule has 9 rings (SSSR count). The molecule has 4 heteroatoms. The van der Waals surface area contributed by atoms with Crippen molar-refractivity contribution in [1.82, 2.24) is 9.13 Å². The van der Waals surface area contributed by atoms with Gasteiger partial charge in [-0.3, -0.25) is 0 Å². The Morgan fingerprint density at radius 3 is 1.98 bits per heavy atom. The van der Waals surface area contributed by atoms with Gasteiger partial charge in [0.2, 0.25) is 0 Å². The van der Waals surface area contributed by atoms with E-state index in [1.165, 1.54) is 16.3 Å². The third kappa shape index (κ3) is 4.51. The van der Waals surface area contributed by atoms with E-state index in [9.17, 15) is 5.26 Å². The summed E-state index contributed by atoms with van der Waals surface area (Å²) in [5.41, 5.74) is 13.3. The quantitative estimate of drug-likeness (QED) is 0.180. The molecule has 0 aliphatic heterocycles. The molecule has 2 aromatic heterocycles. The molecule has 0 amide bonds. The zero-order chi connectivity index (χ0) is 33.1. The molecule has 0 saturated carbocycles. The smallest absolute Gasteiger partial charge is 0.187 e. The Kier molecular flexibility index (Phi) is 6.44. The van der Waals surface area contributed by atoms with Gasteiger partial charge in [-0.1, -0.05) is 90.5 Å². The Bertz CT molecular complexity index is 2870. The summed E-state index contributed by atoms with van der Waals surface area (Å²) in [7, 11) is 0. The van der Waals surface area contributed by atoms with E-state index in [1.807, 2.05) is 30.3 Å². The summed E-state index contributed by atoms with van der Waals surface area (Å²) in [5.74, 6) is 0. The molecule has 0 bridgehead atoms. The zero-order valence-electron chi connectivity index (χ0n) is 26.7. The molecule has 0 saturated heterocycles. The number of hydrogen-bond donors (Lipinski definition) is 0. The Hall–Kier alpha value is -6.88. The molecular weight excluding hydrogens is 597 g/mol. The average molecular weight is 625 g/mol. The van der Waals surface area contributed by atoms with Gasteiger partial charge in [0.1, 0.15) is 0 Å². The maximum Gasteiger partial charge on any atom is 0.187 e. The summed E-state index contributed by atoms with van der Waals surface area (Å²) in [4.78, 5) is 3.74. The molecule has 9 aromatic rings. The predicted molar refractivity (Wildman–Crippen MR) is 202 cm³/mol. The average Bonchev–Trinajstić information content (AvgIpc) is 3.66. The van der Waals surface area contributed by atoms with Crippen LogP contribution in [-0.2, 0) is 0 Å². The molecule has 0 unspecified atom stereocenters. The van der Waals surface area contributed by atoms with Gasteiger partial charge in [-0.15, -0.1) is 0 Å². The number of aromatic nitrogens is 2. The normalized spacial score (nSPS) is 11.3. The van der Waals surface area contributed by atoms with E-state index in [1.54, 1.807) is 0 Å². The maximum atomic E-state index is 9.62. The van der Waals surface area contributed by atoms with Crippen LogP contribution in [0.4, 0.5) is 5.69 Å². The number of aryl methyl sites for hydroxylation is 1. The molecule has 4 nitrogen and oxygen atoms in total. The van der Waals surface area contributed by atoms with E-state index < -0.39 is 0 Å². The van der Waals surface area contributed by atoms with Crippen LogP contribution in [0.25, 0.3) is 82.1 Å². The molecule has 0 aliphatic rings. The maximum absolute atomic E-state index is 9.62. The van der Waals surface area contributed by atoms with Crippen molar-refractivity contribution in [2.45, 2.75) is 6.92 Å². The fraction of sp³-hybridized carbons (Fsp3) is 0.0222. The summed E-state index contributed by atoms with van der Waals surface area (Å²) in [6, 6.07) is 55.1. The monoisotopic (exact) mass is 624 g/mol. The van der Waals surface area contributed by atoms with Gasteiger partial charge < -0.3 is 9.13 Å². The Morgan fingerprint density at radius 1 is 0.531 bits per heavy atom. The first-order chi connectivity index (χ1) is 24.1. The zero-order valence-corrected chi connectivity index (χ0v) is 26.7. The largest absolute Gasteiger partial charge is 0.309 e. The van der Waals surface area contributed by atoms with Crippen molar-refractivity contribution in [1.29, 1.82) is 5.26 Å². The standard InChI is InChI=1S/C45H28N4/c1-29-17-21-44-39(23-29)37-13-4-6-16-42(37)49(44)45-27-32(19-20-36(45)33-10-7-11-34(25-33)47-2)31-9-8-12-35(26-31)48-41-15-5-3-14-38(41)40-24-30(28-46)18-22-43(40)48/h3-27H,1H3. The van der Waals surface area contributed by atoms with E-state index in [-0.39, 0.29) is 0 Å². The fourth-order valence-corrected chi connectivity index (χ4v) is 7.37. The first-order valence-corrected chi connectivity index (χ1v) is 16.3. The van der Waals surface area contributed by atoms with Gasteiger partial charge in [-0.25, -0.2) is 4.85 Å². The fourth-order valence-electron chi connectivity index (χ4n) is 7.37. The molecule has 228 valence electrons. The second kappa shape index (κ2) is 11.1. The summed E-state index contributed by atoms with van der Waals surface area (Å²) in [6.07, 6.45) is 0. The van der Waals surface area contributed by atoms with Crippen LogP contribution in [0.3, 0.4) is 0 Å². The SMILES string of the molecule is [C-]#[N+]c1cccc(-c2ccc(-c3cccc(-n4c5ccccc5c5cc(C#N)ccc54)c3)cc2-n2c3ccccc3c3cc(C)ccc32)c1. The van der Waals surface area contributed by atoms with Crippen molar-refractivity contribution >= 4 is 49.3 Å².